The number of hydrogen-bond acceptors (Lipinski definition) is 3. The standard InChI is InChI=1S/C11H13ClF3N3O2S/c12-9-7-8(11(13,14)15)1-2-10(9)17-21(19,20)18-5-3-16-4-6-18/h1-2,7,16-17H,3-6H2. The summed E-state index contributed by atoms with van der Waals surface area (Å²) in [6.07, 6.45) is -4.53. The monoisotopic (exact) mass is 343 g/mol. The molecule has 1 heterocycles. The first-order valence-electron chi connectivity index (χ1n) is 6.05. The van der Waals surface area contributed by atoms with E-state index in [0.29, 0.717) is 19.2 Å². The lowest BCUT2D eigenvalue weighted by Gasteiger charge is -2.27. The summed E-state index contributed by atoms with van der Waals surface area (Å²) >= 11 is 5.72. The summed E-state index contributed by atoms with van der Waals surface area (Å²) < 4.78 is 65.1. The number of halogens is 4. The lowest BCUT2D eigenvalue weighted by atomic mass is 10.2. The fourth-order valence-corrected chi connectivity index (χ4v) is 3.39. The number of rotatable bonds is 3. The zero-order chi connectivity index (χ0) is 15.7. The van der Waals surface area contributed by atoms with Crippen LogP contribution in [-0.2, 0) is 16.4 Å². The molecule has 21 heavy (non-hydrogen) atoms. The number of nitrogens with zero attached hydrogens (tertiary/aromatic N) is 1. The average molecular weight is 344 g/mol. The minimum atomic E-state index is -4.53. The average Bonchev–Trinajstić information content (AvgIpc) is 2.41. The number of benzene rings is 1. The minimum absolute atomic E-state index is 0.0804. The maximum Gasteiger partial charge on any atom is 0.416 e. The summed E-state index contributed by atoms with van der Waals surface area (Å²) in [7, 11) is -3.83. The van der Waals surface area contributed by atoms with Gasteiger partial charge in [-0.15, -0.1) is 0 Å². The van der Waals surface area contributed by atoms with Gasteiger partial charge >= 0.3 is 16.4 Å². The van der Waals surface area contributed by atoms with E-state index in [4.69, 9.17) is 11.6 Å². The van der Waals surface area contributed by atoms with E-state index in [-0.39, 0.29) is 23.8 Å². The number of alkyl halides is 3. The van der Waals surface area contributed by atoms with Gasteiger partial charge in [0.1, 0.15) is 0 Å². The third-order valence-electron chi connectivity index (χ3n) is 2.95. The van der Waals surface area contributed by atoms with Crippen LogP contribution in [0.5, 0.6) is 0 Å². The molecule has 0 amide bonds. The molecule has 1 aromatic rings. The second-order valence-electron chi connectivity index (χ2n) is 4.45. The molecule has 5 nitrogen and oxygen atoms in total. The quantitative estimate of drug-likeness (QED) is 0.881. The van der Waals surface area contributed by atoms with Crippen LogP contribution in [-0.4, -0.2) is 38.9 Å². The third-order valence-corrected chi connectivity index (χ3v) is 4.79. The molecular weight excluding hydrogens is 331 g/mol. The molecule has 0 bridgehead atoms. The largest absolute Gasteiger partial charge is 0.416 e. The fourth-order valence-electron chi connectivity index (χ4n) is 1.86. The Kier molecular flexibility index (Phi) is 4.66. The highest BCUT2D eigenvalue weighted by molar-refractivity contribution is 7.90. The highest BCUT2D eigenvalue weighted by atomic mass is 35.5. The first-order valence-corrected chi connectivity index (χ1v) is 7.87. The van der Waals surface area contributed by atoms with Crippen molar-refractivity contribution in [2.24, 2.45) is 0 Å². The van der Waals surface area contributed by atoms with Gasteiger partial charge in [0.25, 0.3) is 0 Å². The lowest BCUT2D eigenvalue weighted by Crippen LogP contribution is -2.48. The number of piperazine rings is 1. The van der Waals surface area contributed by atoms with Crippen molar-refractivity contribution >= 4 is 27.5 Å². The van der Waals surface area contributed by atoms with Gasteiger partial charge in [-0.2, -0.15) is 25.9 Å². The van der Waals surface area contributed by atoms with Crippen LogP contribution in [0.4, 0.5) is 18.9 Å². The summed E-state index contributed by atoms with van der Waals surface area (Å²) in [5, 5.41) is 2.70. The molecule has 2 rings (SSSR count). The molecule has 1 aliphatic rings. The van der Waals surface area contributed by atoms with Crippen molar-refractivity contribution in [1.29, 1.82) is 0 Å². The van der Waals surface area contributed by atoms with E-state index in [1.807, 2.05) is 0 Å². The SMILES string of the molecule is O=S(=O)(Nc1ccc(C(F)(F)F)cc1Cl)N1CCNCC1. The Morgan fingerprint density at radius 2 is 1.86 bits per heavy atom. The summed E-state index contributed by atoms with van der Waals surface area (Å²) in [4.78, 5) is 0. The molecule has 0 atom stereocenters. The molecule has 10 heteroatoms. The van der Waals surface area contributed by atoms with Crippen molar-refractivity contribution in [2.45, 2.75) is 6.18 Å². The predicted molar refractivity (Wildman–Crippen MR) is 73.4 cm³/mol. The first kappa shape index (κ1) is 16.3. The number of nitrogens with one attached hydrogen (secondary N) is 2. The Balaban J connectivity index is 2.19. The van der Waals surface area contributed by atoms with Crippen LogP contribution < -0.4 is 10.0 Å². The topological polar surface area (TPSA) is 61.4 Å². The first-order chi connectivity index (χ1) is 9.70. The summed E-state index contributed by atoms with van der Waals surface area (Å²) in [6.45, 7) is 1.60. The van der Waals surface area contributed by atoms with Crippen molar-refractivity contribution in [2.75, 3.05) is 30.9 Å². The predicted octanol–water partition coefficient (Wildman–Crippen LogP) is 1.92. The second-order valence-corrected chi connectivity index (χ2v) is 6.53. The Morgan fingerprint density at radius 1 is 1.24 bits per heavy atom. The van der Waals surface area contributed by atoms with Gasteiger partial charge in [0.15, 0.2) is 0 Å². The molecule has 1 aromatic carbocycles. The van der Waals surface area contributed by atoms with Crippen molar-refractivity contribution in [3.8, 4) is 0 Å². The van der Waals surface area contributed by atoms with Gasteiger partial charge in [-0.05, 0) is 18.2 Å². The van der Waals surface area contributed by atoms with E-state index in [2.05, 4.69) is 10.0 Å². The minimum Gasteiger partial charge on any atom is -0.314 e. The van der Waals surface area contributed by atoms with E-state index < -0.39 is 21.9 Å². The Hall–Kier alpha value is -1.03. The van der Waals surface area contributed by atoms with E-state index in [1.54, 1.807) is 0 Å². The summed E-state index contributed by atoms with van der Waals surface area (Å²) in [5.41, 5.74) is -1.01. The van der Waals surface area contributed by atoms with Crippen LogP contribution >= 0.6 is 11.6 Å². The van der Waals surface area contributed by atoms with Gasteiger partial charge in [-0.1, -0.05) is 11.6 Å². The maximum atomic E-state index is 12.5. The van der Waals surface area contributed by atoms with E-state index in [9.17, 15) is 21.6 Å². The molecule has 1 fully saturated rings. The van der Waals surface area contributed by atoms with E-state index >= 15 is 0 Å². The molecule has 0 aromatic heterocycles. The molecule has 0 unspecified atom stereocenters. The summed E-state index contributed by atoms with van der Waals surface area (Å²) in [6, 6.07) is 2.48. The molecule has 1 aliphatic heterocycles. The van der Waals surface area contributed by atoms with Crippen molar-refractivity contribution < 1.29 is 21.6 Å². The zero-order valence-electron chi connectivity index (χ0n) is 10.7. The second kappa shape index (κ2) is 5.99. The zero-order valence-corrected chi connectivity index (χ0v) is 12.3. The maximum absolute atomic E-state index is 12.5. The normalized spacial score (nSPS) is 17.7. The van der Waals surface area contributed by atoms with Crippen LogP contribution in [0.15, 0.2) is 18.2 Å². The van der Waals surface area contributed by atoms with Gasteiger partial charge in [0.2, 0.25) is 0 Å². The van der Waals surface area contributed by atoms with Crippen LogP contribution in [0.3, 0.4) is 0 Å². The van der Waals surface area contributed by atoms with Gasteiger partial charge < -0.3 is 5.32 Å². The molecule has 0 radical (unpaired) electrons. The summed E-state index contributed by atoms with van der Waals surface area (Å²) in [5.74, 6) is 0. The van der Waals surface area contributed by atoms with Crippen molar-refractivity contribution in [3.63, 3.8) is 0 Å². The molecule has 2 N–H and O–H groups in total. The molecule has 1 saturated heterocycles. The van der Waals surface area contributed by atoms with Crippen molar-refractivity contribution in [3.05, 3.63) is 28.8 Å². The van der Waals surface area contributed by atoms with E-state index in [1.165, 1.54) is 4.31 Å². The molecule has 0 spiro atoms. The third kappa shape index (κ3) is 4.00. The highest BCUT2D eigenvalue weighted by Crippen LogP contribution is 2.34. The van der Waals surface area contributed by atoms with Crippen LogP contribution in [0.25, 0.3) is 0 Å². The van der Waals surface area contributed by atoms with Crippen LogP contribution in [0.1, 0.15) is 5.56 Å². The van der Waals surface area contributed by atoms with Gasteiger partial charge in [-0.25, -0.2) is 0 Å². The number of hydrogen-bond donors (Lipinski definition) is 2. The van der Waals surface area contributed by atoms with Crippen molar-refractivity contribution in [1.82, 2.24) is 9.62 Å². The van der Waals surface area contributed by atoms with E-state index in [0.717, 1.165) is 12.1 Å². The smallest absolute Gasteiger partial charge is 0.314 e. The van der Waals surface area contributed by atoms with Gasteiger partial charge in [0.05, 0.1) is 16.3 Å². The molecule has 0 aliphatic carbocycles. The molecule has 0 saturated carbocycles. The Bertz CT molecular complexity index is 616. The molecular formula is C11H13ClF3N3O2S. The van der Waals surface area contributed by atoms with Crippen LogP contribution in [0, 0.1) is 0 Å². The van der Waals surface area contributed by atoms with Crippen LogP contribution in [0.2, 0.25) is 5.02 Å². The fraction of sp³-hybridized carbons (Fsp3) is 0.455. The lowest BCUT2D eigenvalue weighted by molar-refractivity contribution is -0.137. The molecule has 118 valence electrons. The number of anilines is 1. The highest BCUT2D eigenvalue weighted by Gasteiger charge is 2.31. The van der Waals surface area contributed by atoms with Gasteiger partial charge in [-0.3, -0.25) is 4.72 Å². The Morgan fingerprint density at radius 3 is 2.38 bits per heavy atom. The Labute approximate surface area is 125 Å². The van der Waals surface area contributed by atoms with Gasteiger partial charge in [0, 0.05) is 26.2 Å².